The average molecular weight is 314 g/mol. The lowest BCUT2D eigenvalue weighted by molar-refractivity contribution is 0.0787. The van der Waals surface area contributed by atoms with Gasteiger partial charge in [0.15, 0.2) is 11.5 Å². The number of fused-ring (bicyclic) bond motifs is 1. The molecule has 3 heterocycles. The number of rotatable bonds is 3. The molecule has 0 aliphatic carbocycles. The van der Waals surface area contributed by atoms with Gasteiger partial charge in [-0.3, -0.25) is 4.79 Å². The van der Waals surface area contributed by atoms with Crippen molar-refractivity contribution in [3.05, 3.63) is 35.9 Å². The van der Waals surface area contributed by atoms with E-state index in [2.05, 4.69) is 21.7 Å². The molecule has 0 bridgehead atoms. The Labute approximate surface area is 133 Å². The molecule has 2 aliphatic heterocycles. The second kappa shape index (κ2) is 5.57. The van der Waals surface area contributed by atoms with E-state index < -0.39 is 0 Å². The number of amides is 1. The summed E-state index contributed by atoms with van der Waals surface area (Å²) >= 11 is 0. The van der Waals surface area contributed by atoms with Crippen LogP contribution in [-0.2, 0) is 6.42 Å². The van der Waals surface area contributed by atoms with Gasteiger partial charge in [0.25, 0.3) is 5.91 Å². The lowest BCUT2D eigenvalue weighted by Gasteiger charge is -2.18. The van der Waals surface area contributed by atoms with Gasteiger partial charge < -0.3 is 18.9 Å². The van der Waals surface area contributed by atoms with Gasteiger partial charge in [-0.15, -0.1) is 10.2 Å². The first kappa shape index (κ1) is 14.0. The van der Waals surface area contributed by atoms with Crippen LogP contribution >= 0.6 is 0 Å². The van der Waals surface area contributed by atoms with E-state index in [0.29, 0.717) is 23.6 Å². The maximum Gasteiger partial charge on any atom is 0.254 e. The van der Waals surface area contributed by atoms with Crippen LogP contribution in [0.4, 0.5) is 0 Å². The molecule has 23 heavy (non-hydrogen) atoms. The van der Waals surface area contributed by atoms with Crippen molar-refractivity contribution in [3.8, 4) is 11.5 Å². The van der Waals surface area contributed by atoms with Gasteiger partial charge >= 0.3 is 0 Å². The first-order valence-corrected chi connectivity index (χ1v) is 7.83. The number of likely N-dealkylation sites (tertiary alicyclic amines) is 1. The van der Waals surface area contributed by atoms with Gasteiger partial charge in [-0.25, -0.2) is 0 Å². The molecule has 1 unspecified atom stereocenters. The van der Waals surface area contributed by atoms with Crippen LogP contribution in [0.5, 0.6) is 11.5 Å². The third-order valence-electron chi connectivity index (χ3n) is 4.43. The zero-order chi connectivity index (χ0) is 15.8. The molecule has 120 valence electrons. The zero-order valence-corrected chi connectivity index (χ0v) is 12.9. The topological polar surface area (TPSA) is 69.5 Å². The number of ether oxygens (including phenoxy) is 2. The van der Waals surface area contributed by atoms with Gasteiger partial charge in [0.1, 0.15) is 12.2 Å². The molecule has 1 saturated heterocycles. The fourth-order valence-corrected chi connectivity index (χ4v) is 3.19. The number of hydrogen-bond donors (Lipinski definition) is 0. The Morgan fingerprint density at radius 2 is 2.22 bits per heavy atom. The molecule has 1 aromatic carbocycles. The Hall–Kier alpha value is -2.57. The van der Waals surface area contributed by atoms with Crippen LogP contribution in [0.25, 0.3) is 0 Å². The number of carbonyl (C=O) groups is 1. The van der Waals surface area contributed by atoms with E-state index in [-0.39, 0.29) is 18.7 Å². The minimum atomic E-state index is 0.0249. The van der Waals surface area contributed by atoms with E-state index in [0.717, 1.165) is 25.2 Å². The van der Waals surface area contributed by atoms with Crippen LogP contribution in [0.3, 0.4) is 0 Å². The van der Waals surface area contributed by atoms with Crippen molar-refractivity contribution < 1.29 is 14.3 Å². The third kappa shape index (κ3) is 2.42. The highest BCUT2D eigenvalue weighted by molar-refractivity contribution is 5.95. The lowest BCUT2D eigenvalue weighted by atomic mass is 10.2. The van der Waals surface area contributed by atoms with E-state index in [1.807, 2.05) is 4.90 Å². The quantitative estimate of drug-likeness (QED) is 0.862. The lowest BCUT2D eigenvalue weighted by Crippen LogP contribution is -2.29. The van der Waals surface area contributed by atoms with Crippen LogP contribution in [0, 0.1) is 0 Å². The summed E-state index contributed by atoms with van der Waals surface area (Å²) < 4.78 is 12.7. The van der Waals surface area contributed by atoms with E-state index in [1.54, 1.807) is 24.5 Å². The molecule has 7 nitrogen and oxygen atoms in total. The molecule has 0 spiro atoms. The van der Waals surface area contributed by atoms with Gasteiger partial charge in [0.2, 0.25) is 6.79 Å². The van der Waals surface area contributed by atoms with E-state index >= 15 is 0 Å². The molecule has 0 N–H and O–H groups in total. The van der Waals surface area contributed by atoms with Crippen LogP contribution in [0.1, 0.15) is 35.6 Å². The second-order valence-electron chi connectivity index (χ2n) is 5.77. The molecule has 0 radical (unpaired) electrons. The molecule has 1 atom stereocenters. The van der Waals surface area contributed by atoms with Gasteiger partial charge in [0.05, 0.1) is 6.04 Å². The van der Waals surface area contributed by atoms with Gasteiger partial charge in [-0.05, 0) is 24.6 Å². The van der Waals surface area contributed by atoms with Crippen molar-refractivity contribution in [1.82, 2.24) is 19.7 Å². The molecule has 0 saturated carbocycles. The Kier molecular flexibility index (Phi) is 3.40. The predicted molar refractivity (Wildman–Crippen MR) is 81.5 cm³/mol. The first-order valence-electron chi connectivity index (χ1n) is 7.83. The standard InChI is InChI=1S/C16H18N4O3/c1-2-15-18-17-9-20(15)12-5-6-19(8-12)16(21)11-3-4-13-14(7-11)23-10-22-13/h3-4,7,9,12H,2,5-6,8,10H2,1H3. The maximum absolute atomic E-state index is 12.7. The van der Waals surface area contributed by atoms with Crippen LogP contribution in [0.2, 0.25) is 0 Å². The predicted octanol–water partition coefficient (Wildman–Crippen LogP) is 1.66. The summed E-state index contributed by atoms with van der Waals surface area (Å²) in [7, 11) is 0. The maximum atomic E-state index is 12.7. The molecule has 2 aromatic rings. The summed E-state index contributed by atoms with van der Waals surface area (Å²) in [6, 6.07) is 5.59. The van der Waals surface area contributed by atoms with Gasteiger partial charge in [-0.1, -0.05) is 6.92 Å². The highest BCUT2D eigenvalue weighted by Crippen LogP contribution is 2.33. The first-order chi connectivity index (χ1) is 11.3. The Balaban J connectivity index is 1.50. The molecular weight excluding hydrogens is 296 g/mol. The van der Waals surface area contributed by atoms with E-state index in [1.165, 1.54) is 0 Å². The van der Waals surface area contributed by atoms with Crippen molar-refractivity contribution >= 4 is 5.91 Å². The van der Waals surface area contributed by atoms with Gasteiger partial charge in [-0.2, -0.15) is 0 Å². The van der Waals surface area contributed by atoms with Crippen molar-refractivity contribution in [2.24, 2.45) is 0 Å². The summed E-state index contributed by atoms with van der Waals surface area (Å²) in [4.78, 5) is 14.6. The monoisotopic (exact) mass is 314 g/mol. The van der Waals surface area contributed by atoms with Crippen molar-refractivity contribution in [3.63, 3.8) is 0 Å². The Morgan fingerprint density at radius 3 is 3.09 bits per heavy atom. The highest BCUT2D eigenvalue weighted by Gasteiger charge is 2.29. The Morgan fingerprint density at radius 1 is 1.35 bits per heavy atom. The number of aromatic nitrogens is 3. The number of aryl methyl sites for hydroxylation is 1. The molecule has 1 fully saturated rings. The highest BCUT2D eigenvalue weighted by atomic mass is 16.7. The summed E-state index contributed by atoms with van der Waals surface area (Å²) in [5.74, 6) is 2.32. The Bertz CT molecular complexity index is 743. The van der Waals surface area contributed by atoms with Crippen molar-refractivity contribution in [2.45, 2.75) is 25.8 Å². The fraction of sp³-hybridized carbons (Fsp3) is 0.438. The van der Waals surface area contributed by atoms with Crippen LogP contribution < -0.4 is 9.47 Å². The van der Waals surface area contributed by atoms with E-state index in [9.17, 15) is 4.79 Å². The number of hydrogen-bond acceptors (Lipinski definition) is 5. The summed E-state index contributed by atoms with van der Waals surface area (Å²) in [6.07, 6.45) is 3.52. The minimum Gasteiger partial charge on any atom is -0.454 e. The number of benzene rings is 1. The van der Waals surface area contributed by atoms with Crippen LogP contribution in [0.15, 0.2) is 24.5 Å². The molecule has 4 rings (SSSR count). The molecular formula is C16H18N4O3. The molecule has 1 aromatic heterocycles. The van der Waals surface area contributed by atoms with Crippen molar-refractivity contribution in [2.75, 3.05) is 19.9 Å². The number of nitrogens with zero attached hydrogens (tertiary/aromatic N) is 4. The number of carbonyl (C=O) groups excluding carboxylic acids is 1. The summed E-state index contributed by atoms with van der Waals surface area (Å²) in [5.41, 5.74) is 0.634. The van der Waals surface area contributed by atoms with Crippen LogP contribution in [-0.4, -0.2) is 45.5 Å². The summed E-state index contributed by atoms with van der Waals surface area (Å²) in [6.45, 7) is 3.69. The SMILES string of the molecule is CCc1nncn1C1CCN(C(=O)c2ccc3c(c2)OCO3)C1. The summed E-state index contributed by atoms with van der Waals surface area (Å²) in [5, 5.41) is 8.11. The largest absolute Gasteiger partial charge is 0.454 e. The molecule has 2 aliphatic rings. The normalized spacial score (nSPS) is 19.3. The van der Waals surface area contributed by atoms with Crippen molar-refractivity contribution in [1.29, 1.82) is 0 Å². The smallest absolute Gasteiger partial charge is 0.254 e. The zero-order valence-electron chi connectivity index (χ0n) is 12.9. The fourth-order valence-electron chi connectivity index (χ4n) is 3.19. The molecule has 7 heteroatoms. The van der Waals surface area contributed by atoms with E-state index in [4.69, 9.17) is 9.47 Å². The average Bonchev–Trinajstić information content (AvgIpc) is 3.31. The van der Waals surface area contributed by atoms with Gasteiger partial charge in [0, 0.05) is 25.1 Å². The molecule has 1 amide bonds. The third-order valence-corrected chi connectivity index (χ3v) is 4.43. The second-order valence-corrected chi connectivity index (χ2v) is 5.77. The minimum absolute atomic E-state index is 0.0249.